The Hall–Kier alpha value is -5.15. The summed E-state index contributed by atoms with van der Waals surface area (Å²) in [6.45, 7) is 7.25. The van der Waals surface area contributed by atoms with Crippen molar-refractivity contribution in [3.8, 4) is 39.8 Å². The van der Waals surface area contributed by atoms with E-state index in [9.17, 15) is 24.5 Å². The first-order valence-electron chi connectivity index (χ1n) is 18.6. The number of benzene rings is 3. The molecule has 3 unspecified atom stereocenters. The third kappa shape index (κ3) is 5.20. The Balaban J connectivity index is 1.30. The highest BCUT2D eigenvalue weighted by Crippen LogP contribution is 2.62. The molecule has 5 atom stereocenters. The molecule has 0 saturated heterocycles. The van der Waals surface area contributed by atoms with E-state index < -0.39 is 50.2 Å². The second kappa shape index (κ2) is 13.2. The lowest BCUT2D eigenvalue weighted by molar-refractivity contribution is -0.135. The summed E-state index contributed by atoms with van der Waals surface area (Å²) < 4.78 is 26.9. The van der Waals surface area contributed by atoms with Crippen molar-refractivity contribution in [2.24, 2.45) is 11.8 Å². The molecule has 0 aliphatic carbocycles. The number of hydrogen-bond acceptors (Lipinski definition) is 12. The van der Waals surface area contributed by atoms with E-state index in [4.69, 9.17) is 51.4 Å². The predicted molar refractivity (Wildman–Crippen MR) is 213 cm³/mol. The maximum Gasteiger partial charge on any atom is 0.412 e. The van der Waals surface area contributed by atoms with Crippen LogP contribution in [0.1, 0.15) is 62.1 Å². The minimum atomic E-state index is -2.90. The molecule has 58 heavy (non-hydrogen) atoms. The molecule has 0 fully saturated rings. The minimum Gasteiger partial charge on any atom is -0.469 e. The quantitative estimate of drug-likeness (QED) is 0.103. The summed E-state index contributed by atoms with van der Waals surface area (Å²) in [5.74, 6) is -0.783. The standard InChI is InChI=1S/C40H35Cl2N6O9P/c1-15(2)27-37-45-29-32(56-37)40-20-9-5-8-19(18-7-6-10-23-25(18)26(31-33(41)47-38(29)55-31)34(42)48(23)57-58(52)53)28(20)46-39(40)54-24-12-11-17(13-21(24)40)14-22(35(50)44-27)43-36(51)30(49)16(3)4/h5-13,15-16,22,27,30,39,46,49,52-53H,14H2,1-4H3,(H,43,51)(H,44,50)/t22-,27?,30-,39?,40?/m0/s1. The minimum absolute atomic E-state index is 0.0219. The first kappa shape index (κ1) is 37.1. The van der Waals surface area contributed by atoms with E-state index in [1.54, 1.807) is 26.0 Å². The molecule has 18 heteroatoms. The van der Waals surface area contributed by atoms with E-state index in [-0.39, 0.29) is 57.4 Å². The molecule has 298 valence electrons. The smallest absolute Gasteiger partial charge is 0.412 e. The van der Waals surface area contributed by atoms with Crippen LogP contribution in [0.5, 0.6) is 5.75 Å². The van der Waals surface area contributed by atoms with Crippen molar-refractivity contribution >= 4 is 60.2 Å². The Labute approximate surface area is 341 Å². The molecular weight excluding hydrogens is 810 g/mol. The number of amides is 2. The van der Waals surface area contributed by atoms with Crippen molar-refractivity contribution in [1.29, 1.82) is 0 Å². The highest BCUT2D eigenvalue weighted by Gasteiger charge is 2.62. The summed E-state index contributed by atoms with van der Waals surface area (Å²) in [6, 6.07) is 15.0. The van der Waals surface area contributed by atoms with Crippen LogP contribution < -0.4 is 25.3 Å². The van der Waals surface area contributed by atoms with Gasteiger partial charge in [-0.25, -0.2) is 4.98 Å². The SMILES string of the molecule is CC(C)C1NC(=O)[C@@H](NC(=O)[C@@H](O)C(C)C)Cc2ccc3c(c2)C24c5cccc(c5NC2O3)-c2cccc3c2c(c(Cl)n3OP(O)O)-c2oc(nc2Cl)-c2nc1oc24. The summed E-state index contributed by atoms with van der Waals surface area (Å²) in [6.07, 6.45) is -2.04. The van der Waals surface area contributed by atoms with Crippen LogP contribution in [-0.2, 0) is 21.4 Å². The predicted octanol–water partition coefficient (Wildman–Crippen LogP) is 6.23. The molecule has 4 aliphatic heterocycles. The number of halogens is 2. The van der Waals surface area contributed by atoms with Gasteiger partial charge in [0.25, 0.3) is 5.89 Å². The second-order valence-corrected chi connectivity index (χ2v) is 16.9. The van der Waals surface area contributed by atoms with E-state index in [0.717, 1.165) is 15.9 Å². The van der Waals surface area contributed by atoms with Gasteiger partial charge in [0.05, 0.1) is 11.1 Å². The zero-order valence-electron chi connectivity index (χ0n) is 31.2. The van der Waals surface area contributed by atoms with E-state index in [0.29, 0.717) is 44.8 Å². The maximum absolute atomic E-state index is 14.2. The van der Waals surface area contributed by atoms with Gasteiger partial charge in [-0.2, -0.15) is 9.71 Å². The first-order valence-corrected chi connectivity index (χ1v) is 20.6. The van der Waals surface area contributed by atoms with Gasteiger partial charge in [0.15, 0.2) is 33.7 Å². The van der Waals surface area contributed by atoms with E-state index in [1.807, 2.05) is 56.3 Å². The van der Waals surface area contributed by atoms with Gasteiger partial charge in [-0.3, -0.25) is 9.59 Å². The number of carbonyl (C=O) groups excluding carboxylic acids is 2. The molecular formula is C40H35Cl2N6O9P. The lowest BCUT2D eigenvalue weighted by atomic mass is 9.72. The molecule has 1 spiro atoms. The topological polar surface area (TPSA) is 206 Å². The number of fused-ring (bicyclic) bond motifs is 7. The number of hydrogen-bond donors (Lipinski definition) is 6. The Kier molecular flexibility index (Phi) is 8.44. The molecule has 3 aromatic heterocycles. The number of aliphatic hydroxyl groups excluding tert-OH is 1. The molecule has 10 bridgehead atoms. The average molecular weight is 846 g/mol. The van der Waals surface area contributed by atoms with Gasteiger partial charge in [0, 0.05) is 34.2 Å². The highest BCUT2D eigenvalue weighted by atomic mass is 35.5. The molecule has 10 rings (SSSR count). The van der Waals surface area contributed by atoms with Crippen molar-refractivity contribution in [2.75, 3.05) is 5.32 Å². The monoisotopic (exact) mass is 844 g/mol. The van der Waals surface area contributed by atoms with Gasteiger partial charge in [-0.05, 0) is 35.1 Å². The number of anilines is 1. The van der Waals surface area contributed by atoms with Gasteiger partial charge in [-0.1, -0.05) is 93.4 Å². The second-order valence-electron chi connectivity index (χ2n) is 15.6. The number of aromatic nitrogens is 3. The van der Waals surface area contributed by atoms with Crippen LogP contribution in [0.2, 0.25) is 10.3 Å². The fourth-order valence-corrected chi connectivity index (χ4v) is 9.61. The van der Waals surface area contributed by atoms with Crippen LogP contribution >= 0.6 is 31.8 Å². The molecule has 0 saturated carbocycles. The lowest BCUT2D eigenvalue weighted by Crippen LogP contribution is -2.52. The van der Waals surface area contributed by atoms with Crippen LogP contribution in [0.15, 0.2) is 63.4 Å². The van der Waals surface area contributed by atoms with Gasteiger partial charge in [0.1, 0.15) is 29.4 Å². The number of carbonyl (C=O) groups is 2. The number of rotatable bonds is 6. The largest absolute Gasteiger partial charge is 0.469 e. The van der Waals surface area contributed by atoms with Gasteiger partial charge in [0.2, 0.25) is 17.7 Å². The summed E-state index contributed by atoms with van der Waals surface area (Å²) in [7, 11) is -2.90. The number of oxazole rings is 2. The van der Waals surface area contributed by atoms with E-state index in [2.05, 4.69) is 16.0 Å². The normalized spacial score (nSPS) is 21.6. The van der Waals surface area contributed by atoms with E-state index in [1.165, 1.54) is 0 Å². The van der Waals surface area contributed by atoms with Crippen molar-refractivity contribution < 1.29 is 42.7 Å². The Morgan fingerprint density at radius 1 is 1.03 bits per heavy atom. The molecule has 2 amide bonds. The maximum atomic E-state index is 14.2. The van der Waals surface area contributed by atoms with Crippen LogP contribution in [0, 0.1) is 11.8 Å². The number of ether oxygens (including phenoxy) is 1. The fourth-order valence-electron chi connectivity index (χ4n) is 8.73. The molecule has 3 aromatic carbocycles. The summed E-state index contributed by atoms with van der Waals surface area (Å²) >= 11 is 14.0. The van der Waals surface area contributed by atoms with Crippen molar-refractivity contribution in [3.63, 3.8) is 0 Å². The molecule has 6 aromatic rings. The van der Waals surface area contributed by atoms with Crippen LogP contribution in [0.25, 0.3) is 44.9 Å². The molecule has 15 nitrogen and oxygen atoms in total. The van der Waals surface area contributed by atoms with Gasteiger partial charge < -0.3 is 49.0 Å². The Morgan fingerprint density at radius 3 is 2.57 bits per heavy atom. The van der Waals surface area contributed by atoms with Gasteiger partial charge >= 0.3 is 8.60 Å². The molecule has 7 heterocycles. The third-order valence-corrected chi connectivity index (χ3v) is 12.3. The van der Waals surface area contributed by atoms with Gasteiger partial charge in [-0.15, -0.1) is 0 Å². The molecule has 0 radical (unpaired) electrons. The lowest BCUT2D eigenvalue weighted by Gasteiger charge is -2.29. The average Bonchev–Trinajstić information content (AvgIpc) is 3.98. The number of nitrogens with one attached hydrogen (secondary N) is 3. The third-order valence-electron chi connectivity index (χ3n) is 11.4. The van der Waals surface area contributed by atoms with Crippen LogP contribution in [-0.4, -0.2) is 59.8 Å². The van der Waals surface area contributed by atoms with E-state index >= 15 is 0 Å². The summed E-state index contributed by atoms with van der Waals surface area (Å²) in [5, 5.41) is 20.6. The number of aliphatic hydroxyl groups is 1. The zero-order chi connectivity index (χ0) is 40.5. The number of nitrogens with zero attached hydrogens (tertiary/aromatic N) is 3. The Bertz CT molecular complexity index is 2730. The van der Waals surface area contributed by atoms with Crippen molar-refractivity contribution in [3.05, 3.63) is 93.2 Å². The molecule has 4 aliphatic rings. The van der Waals surface area contributed by atoms with Crippen LogP contribution in [0.4, 0.5) is 5.69 Å². The Morgan fingerprint density at radius 2 is 1.81 bits per heavy atom. The highest BCUT2D eigenvalue weighted by molar-refractivity contribution is 7.39. The van der Waals surface area contributed by atoms with Crippen molar-refractivity contribution in [1.82, 2.24) is 25.3 Å². The number of para-hydroxylation sites is 1. The summed E-state index contributed by atoms with van der Waals surface area (Å²) in [4.78, 5) is 57.2. The molecule has 6 N–H and O–H groups in total. The van der Waals surface area contributed by atoms with Crippen LogP contribution in [0.3, 0.4) is 0 Å². The summed E-state index contributed by atoms with van der Waals surface area (Å²) in [5.41, 5.74) is 3.94. The van der Waals surface area contributed by atoms with Crippen molar-refractivity contribution in [2.45, 2.75) is 63.9 Å². The fraction of sp³-hybridized carbons (Fsp3) is 0.300. The first-order chi connectivity index (χ1) is 27.8. The zero-order valence-corrected chi connectivity index (χ0v) is 33.6.